The van der Waals surface area contributed by atoms with Gasteiger partial charge in [-0.1, -0.05) is 12.2 Å². The molecule has 0 heterocycles. The first-order chi connectivity index (χ1) is 9.18. The maximum absolute atomic E-state index is 13.1. The van der Waals surface area contributed by atoms with E-state index >= 15 is 0 Å². The van der Waals surface area contributed by atoms with Gasteiger partial charge in [-0.05, 0) is 31.4 Å². The van der Waals surface area contributed by atoms with Gasteiger partial charge in [-0.25, -0.2) is 0 Å². The Labute approximate surface area is 126 Å². The first-order valence-corrected chi connectivity index (χ1v) is 7.71. The molecule has 7 heteroatoms. The van der Waals surface area contributed by atoms with E-state index in [1.807, 2.05) is 18.1 Å². The highest BCUT2D eigenvalue weighted by molar-refractivity contribution is 7.98. The smallest absolute Gasteiger partial charge is 0.389 e. The second-order valence-electron chi connectivity index (χ2n) is 4.51. The lowest BCUT2D eigenvalue weighted by atomic mass is 10.1. The van der Waals surface area contributed by atoms with Gasteiger partial charge in [0.05, 0.1) is 5.56 Å². The van der Waals surface area contributed by atoms with Crippen molar-refractivity contribution >= 4 is 34.7 Å². The van der Waals surface area contributed by atoms with Crippen molar-refractivity contribution in [1.29, 1.82) is 0 Å². The Morgan fingerprint density at radius 1 is 1.45 bits per heavy atom. The highest BCUT2D eigenvalue weighted by atomic mass is 32.2. The lowest BCUT2D eigenvalue weighted by Gasteiger charge is -2.27. The van der Waals surface area contributed by atoms with E-state index in [1.54, 1.807) is 24.9 Å². The highest BCUT2D eigenvalue weighted by Gasteiger charge is 2.34. The Bertz CT molecular complexity index is 489. The van der Waals surface area contributed by atoms with Gasteiger partial charge in [-0.2, -0.15) is 24.9 Å². The van der Waals surface area contributed by atoms with Gasteiger partial charge >= 0.3 is 6.18 Å². The normalized spacial score (nSPS) is 13.1. The fourth-order valence-electron chi connectivity index (χ4n) is 1.81. The van der Waals surface area contributed by atoms with E-state index in [2.05, 4.69) is 12.2 Å². The lowest BCUT2D eigenvalue weighted by molar-refractivity contribution is -0.137. The fourth-order valence-corrected chi connectivity index (χ4v) is 2.69. The molecule has 0 amide bonds. The number of benzene rings is 1. The van der Waals surface area contributed by atoms with Crippen LogP contribution in [0.4, 0.5) is 18.9 Å². The highest BCUT2D eigenvalue weighted by Crippen LogP contribution is 2.35. The van der Waals surface area contributed by atoms with Crippen molar-refractivity contribution in [1.82, 2.24) is 0 Å². The van der Waals surface area contributed by atoms with Crippen LogP contribution in [0.2, 0.25) is 0 Å². The summed E-state index contributed by atoms with van der Waals surface area (Å²) in [6.45, 7) is 1.96. The quantitative estimate of drug-likeness (QED) is 0.840. The van der Waals surface area contributed by atoms with Crippen LogP contribution in [-0.2, 0) is 6.18 Å². The number of nitrogens with two attached hydrogens (primary N) is 1. The predicted octanol–water partition coefficient (Wildman–Crippen LogP) is 3.53. The summed E-state index contributed by atoms with van der Waals surface area (Å²) in [6.07, 6.45) is -2.51. The maximum Gasteiger partial charge on any atom is 0.417 e. The summed E-state index contributed by atoms with van der Waals surface area (Å²) in [5, 5.41) is 0. The number of thiocarbonyl (C=S) groups is 1. The largest absolute Gasteiger partial charge is 0.417 e. The Hall–Kier alpha value is -0.950. The number of hydrogen-bond acceptors (Lipinski definition) is 3. The van der Waals surface area contributed by atoms with Crippen molar-refractivity contribution in [2.75, 3.05) is 24.0 Å². The fraction of sp³-hybridized carbons (Fsp3) is 0.462. The average molecular weight is 322 g/mol. The molecule has 0 fully saturated rings. The number of nitrogens with zero attached hydrogens (tertiary/aromatic N) is 1. The molecule has 2 nitrogen and oxygen atoms in total. The van der Waals surface area contributed by atoms with Crippen LogP contribution in [0.5, 0.6) is 0 Å². The molecule has 20 heavy (non-hydrogen) atoms. The Balaban J connectivity index is 3.23. The van der Waals surface area contributed by atoms with Gasteiger partial charge in [-0.15, -0.1) is 0 Å². The molecule has 2 N–H and O–H groups in total. The van der Waals surface area contributed by atoms with Gasteiger partial charge in [0, 0.05) is 30.1 Å². The molecular formula is C13H17F3N2S2. The second kappa shape index (κ2) is 6.67. The molecule has 0 saturated heterocycles. The van der Waals surface area contributed by atoms with E-state index in [0.29, 0.717) is 5.69 Å². The summed E-state index contributed by atoms with van der Waals surface area (Å²) in [4.78, 5) is 1.57. The van der Waals surface area contributed by atoms with Crippen molar-refractivity contribution in [2.24, 2.45) is 5.73 Å². The van der Waals surface area contributed by atoms with Gasteiger partial charge in [-0.3, -0.25) is 0 Å². The third-order valence-corrected chi connectivity index (χ3v) is 4.09. The monoisotopic (exact) mass is 322 g/mol. The van der Waals surface area contributed by atoms with Crippen LogP contribution in [-0.4, -0.2) is 30.1 Å². The van der Waals surface area contributed by atoms with Gasteiger partial charge in [0.15, 0.2) is 0 Å². The first kappa shape index (κ1) is 17.1. The number of halogens is 3. The number of rotatable bonds is 5. The van der Waals surface area contributed by atoms with E-state index in [1.165, 1.54) is 6.07 Å². The minimum Gasteiger partial charge on any atom is -0.389 e. The molecule has 1 unspecified atom stereocenters. The van der Waals surface area contributed by atoms with Crippen LogP contribution in [0, 0.1) is 0 Å². The van der Waals surface area contributed by atoms with Gasteiger partial charge in [0.25, 0.3) is 0 Å². The molecule has 1 aromatic carbocycles. The summed E-state index contributed by atoms with van der Waals surface area (Å²) >= 11 is 6.33. The molecule has 0 aliphatic heterocycles. The molecule has 0 bridgehead atoms. The van der Waals surface area contributed by atoms with Crippen LogP contribution in [0.3, 0.4) is 0 Å². The third-order valence-electron chi connectivity index (χ3n) is 3.05. The molecule has 0 aliphatic rings. The summed E-state index contributed by atoms with van der Waals surface area (Å²) in [7, 11) is 1.77. The third kappa shape index (κ3) is 4.02. The predicted molar refractivity (Wildman–Crippen MR) is 83.6 cm³/mol. The van der Waals surface area contributed by atoms with Crippen LogP contribution in [0.1, 0.15) is 18.1 Å². The summed E-state index contributed by atoms with van der Waals surface area (Å²) in [5.41, 5.74) is 4.94. The zero-order valence-corrected chi connectivity index (χ0v) is 13.1. The Morgan fingerprint density at radius 2 is 2.05 bits per heavy atom. The van der Waals surface area contributed by atoms with Gasteiger partial charge < -0.3 is 10.6 Å². The van der Waals surface area contributed by atoms with E-state index in [-0.39, 0.29) is 16.6 Å². The Kier molecular flexibility index (Phi) is 5.70. The standard InChI is InChI=1S/C13H17F3N2S2/c1-8(7-20-3)18(2)9-4-5-10(12(17)19)11(6-9)13(14,15)16/h4-6,8H,7H2,1-3H3,(H2,17,19). The SMILES string of the molecule is CSCC(C)N(C)c1ccc(C(N)=S)c(C(F)(F)F)c1. The summed E-state index contributed by atoms with van der Waals surface area (Å²) in [6, 6.07) is 4.18. The van der Waals surface area contributed by atoms with Crippen LogP contribution in [0.25, 0.3) is 0 Å². The van der Waals surface area contributed by atoms with Crippen molar-refractivity contribution in [3.05, 3.63) is 29.3 Å². The van der Waals surface area contributed by atoms with E-state index in [9.17, 15) is 13.2 Å². The topological polar surface area (TPSA) is 29.3 Å². The summed E-state index contributed by atoms with van der Waals surface area (Å²) in [5.74, 6) is 0.828. The zero-order chi connectivity index (χ0) is 15.5. The molecule has 0 spiro atoms. The Morgan fingerprint density at radius 3 is 2.50 bits per heavy atom. The van der Waals surface area contributed by atoms with Crippen LogP contribution >= 0.6 is 24.0 Å². The molecule has 0 aliphatic carbocycles. The van der Waals surface area contributed by atoms with E-state index in [4.69, 9.17) is 5.73 Å². The second-order valence-corrected chi connectivity index (χ2v) is 5.86. The average Bonchev–Trinajstić information content (AvgIpc) is 2.36. The number of anilines is 1. The molecule has 1 aromatic rings. The van der Waals surface area contributed by atoms with Gasteiger partial charge in [0.2, 0.25) is 0 Å². The maximum atomic E-state index is 13.1. The molecule has 112 valence electrons. The van der Waals surface area contributed by atoms with Crippen LogP contribution < -0.4 is 10.6 Å². The first-order valence-electron chi connectivity index (χ1n) is 5.91. The number of alkyl halides is 3. The van der Waals surface area contributed by atoms with Crippen LogP contribution in [0.15, 0.2) is 18.2 Å². The minimum absolute atomic E-state index is 0.127. The zero-order valence-electron chi connectivity index (χ0n) is 11.5. The molecular weight excluding hydrogens is 305 g/mol. The molecule has 0 radical (unpaired) electrons. The molecule has 1 atom stereocenters. The molecule has 0 saturated carbocycles. The minimum atomic E-state index is -4.47. The molecule has 1 rings (SSSR count). The van der Waals surface area contributed by atoms with Crippen molar-refractivity contribution in [3.8, 4) is 0 Å². The van der Waals surface area contributed by atoms with Gasteiger partial charge in [0.1, 0.15) is 4.99 Å². The van der Waals surface area contributed by atoms with E-state index in [0.717, 1.165) is 11.8 Å². The van der Waals surface area contributed by atoms with Crippen molar-refractivity contribution < 1.29 is 13.2 Å². The number of hydrogen-bond donors (Lipinski definition) is 1. The lowest BCUT2D eigenvalue weighted by Crippen LogP contribution is -2.31. The van der Waals surface area contributed by atoms with E-state index < -0.39 is 11.7 Å². The molecule has 0 aromatic heterocycles. The van der Waals surface area contributed by atoms with Crippen molar-refractivity contribution in [3.63, 3.8) is 0 Å². The number of thioether (sulfide) groups is 1. The summed E-state index contributed by atoms with van der Waals surface area (Å²) < 4.78 is 39.2. The van der Waals surface area contributed by atoms with Crippen molar-refractivity contribution in [2.45, 2.75) is 19.1 Å².